The number of carbonyl (C=O) groups excluding carboxylic acids is 1. The summed E-state index contributed by atoms with van der Waals surface area (Å²) in [6, 6.07) is 11.7. The Hall–Kier alpha value is -3.17. The second-order valence-corrected chi connectivity index (χ2v) is 10.1. The number of aromatic nitrogens is 1. The van der Waals surface area contributed by atoms with Gasteiger partial charge in [-0.2, -0.15) is 0 Å². The van der Waals surface area contributed by atoms with Crippen molar-refractivity contribution in [3.05, 3.63) is 70.2 Å². The van der Waals surface area contributed by atoms with Crippen molar-refractivity contribution in [3.63, 3.8) is 0 Å². The van der Waals surface area contributed by atoms with Crippen LogP contribution >= 0.6 is 11.6 Å². The summed E-state index contributed by atoms with van der Waals surface area (Å²) in [4.78, 5) is 17.9. The molecule has 1 saturated heterocycles. The van der Waals surface area contributed by atoms with E-state index in [9.17, 15) is 4.79 Å². The van der Waals surface area contributed by atoms with Crippen molar-refractivity contribution in [3.8, 4) is 5.75 Å². The number of hydrogen-bond acceptors (Lipinski definition) is 3. The van der Waals surface area contributed by atoms with E-state index >= 15 is 0 Å². The first-order valence-electron chi connectivity index (χ1n) is 11.5. The number of halogens is 1. The zero-order valence-corrected chi connectivity index (χ0v) is 20.9. The van der Waals surface area contributed by atoms with Gasteiger partial charge >= 0.3 is 6.09 Å². The number of carbonyl (C=O) groups is 1. The van der Waals surface area contributed by atoms with Gasteiger partial charge in [0.25, 0.3) is 0 Å². The van der Waals surface area contributed by atoms with E-state index in [0.717, 1.165) is 29.3 Å². The minimum atomic E-state index is -0.494. The van der Waals surface area contributed by atoms with Gasteiger partial charge in [0.05, 0.1) is 18.7 Å². The minimum absolute atomic E-state index is 0.244. The third-order valence-electron chi connectivity index (χ3n) is 6.18. The summed E-state index contributed by atoms with van der Waals surface area (Å²) in [5, 5.41) is 1.73. The average Bonchev–Trinajstić information content (AvgIpc) is 3.15. The van der Waals surface area contributed by atoms with Crippen LogP contribution in [-0.4, -0.2) is 41.4 Å². The molecule has 2 heterocycles. The number of piperidine rings is 1. The van der Waals surface area contributed by atoms with Crippen molar-refractivity contribution < 1.29 is 14.3 Å². The number of benzene rings is 2. The molecule has 0 spiro atoms. The van der Waals surface area contributed by atoms with Gasteiger partial charge in [0, 0.05) is 36.7 Å². The van der Waals surface area contributed by atoms with Crippen molar-refractivity contribution in [1.29, 1.82) is 0 Å². The van der Waals surface area contributed by atoms with Crippen LogP contribution in [0.25, 0.3) is 15.7 Å². The summed E-state index contributed by atoms with van der Waals surface area (Å²) < 4.78 is 13.0. The third kappa shape index (κ3) is 5.15. The predicted molar refractivity (Wildman–Crippen MR) is 135 cm³/mol. The van der Waals surface area contributed by atoms with Crippen LogP contribution in [-0.2, 0) is 11.3 Å². The Morgan fingerprint density at radius 2 is 1.91 bits per heavy atom. The molecule has 1 fully saturated rings. The molecular formula is C27H30ClN3O3. The van der Waals surface area contributed by atoms with Gasteiger partial charge in [-0.15, -0.1) is 0 Å². The zero-order chi connectivity index (χ0) is 24.5. The Morgan fingerprint density at radius 3 is 2.53 bits per heavy atom. The molecule has 0 bridgehead atoms. The fourth-order valence-electron chi connectivity index (χ4n) is 4.54. The molecule has 0 radical (unpaired) electrons. The zero-order valence-electron chi connectivity index (χ0n) is 20.1. The summed E-state index contributed by atoms with van der Waals surface area (Å²) in [7, 11) is 1.60. The van der Waals surface area contributed by atoms with Gasteiger partial charge in [-0.3, -0.25) is 0 Å². The second-order valence-electron chi connectivity index (χ2n) is 9.74. The van der Waals surface area contributed by atoms with Crippen molar-refractivity contribution in [2.24, 2.45) is 0 Å². The van der Waals surface area contributed by atoms with Crippen LogP contribution in [0.1, 0.15) is 50.7 Å². The number of ether oxygens (including phenoxy) is 2. The van der Waals surface area contributed by atoms with E-state index in [1.807, 2.05) is 51.1 Å². The van der Waals surface area contributed by atoms with Crippen LogP contribution in [0, 0.1) is 6.57 Å². The summed E-state index contributed by atoms with van der Waals surface area (Å²) in [5.74, 6) is 0.983. The Kier molecular flexibility index (Phi) is 6.77. The maximum Gasteiger partial charge on any atom is 0.410 e. The maximum absolute atomic E-state index is 12.5. The molecule has 0 unspecified atom stereocenters. The van der Waals surface area contributed by atoms with Gasteiger partial charge in [-0.25, -0.2) is 9.64 Å². The highest BCUT2D eigenvalue weighted by atomic mass is 35.5. The SMILES string of the molecule is [C-]#[N+]c1ccc2c(C3CCN(C(=O)OC(C)(C)C)CC3)cn(Cc3ccc(OC)c(Cl)c3)c2c1. The van der Waals surface area contributed by atoms with Crippen LogP contribution < -0.4 is 4.74 Å². The highest BCUT2D eigenvalue weighted by molar-refractivity contribution is 6.32. The molecule has 1 aromatic heterocycles. The maximum atomic E-state index is 12.5. The lowest BCUT2D eigenvalue weighted by Gasteiger charge is -2.33. The molecule has 0 aliphatic carbocycles. The summed E-state index contributed by atoms with van der Waals surface area (Å²) in [5.41, 5.74) is 3.47. The van der Waals surface area contributed by atoms with Gasteiger partial charge in [0.1, 0.15) is 11.4 Å². The average molecular weight is 480 g/mol. The molecule has 1 aliphatic rings. The Morgan fingerprint density at radius 1 is 1.18 bits per heavy atom. The molecule has 0 atom stereocenters. The van der Waals surface area contributed by atoms with E-state index < -0.39 is 5.60 Å². The molecule has 1 amide bonds. The molecular weight excluding hydrogens is 450 g/mol. The molecule has 4 rings (SSSR count). The summed E-state index contributed by atoms with van der Waals surface area (Å²) >= 11 is 6.35. The normalized spacial score (nSPS) is 14.8. The lowest BCUT2D eigenvalue weighted by atomic mass is 9.89. The Labute approximate surface area is 205 Å². The van der Waals surface area contributed by atoms with Crippen molar-refractivity contribution in [2.45, 2.75) is 51.7 Å². The number of fused-ring (bicyclic) bond motifs is 1. The first-order valence-corrected chi connectivity index (χ1v) is 11.9. The monoisotopic (exact) mass is 479 g/mol. The summed E-state index contributed by atoms with van der Waals surface area (Å²) in [6.07, 6.45) is 3.70. The molecule has 1 aliphatic heterocycles. The summed E-state index contributed by atoms with van der Waals surface area (Å²) in [6.45, 7) is 15.1. The molecule has 2 aromatic carbocycles. The lowest BCUT2D eigenvalue weighted by Crippen LogP contribution is -2.41. The number of methoxy groups -OCH3 is 1. The van der Waals surface area contributed by atoms with Gasteiger partial charge in [-0.1, -0.05) is 29.8 Å². The topological polar surface area (TPSA) is 48.1 Å². The second kappa shape index (κ2) is 9.60. The molecule has 178 valence electrons. The van der Waals surface area contributed by atoms with Crippen LogP contribution in [0.15, 0.2) is 42.6 Å². The molecule has 0 N–H and O–H groups in total. The standard InChI is InChI=1S/C27H30ClN3O3/c1-27(2,3)34-26(32)30-12-10-19(11-13-30)22-17-31(24-15-20(29-4)7-8-21(22)24)16-18-6-9-25(33-5)23(28)14-18/h6-9,14-15,17,19H,10-13,16H2,1-3,5H3. The van der Waals surface area contributed by atoms with Gasteiger partial charge in [0.2, 0.25) is 0 Å². The predicted octanol–water partition coefficient (Wildman–Crippen LogP) is 7.02. The van der Waals surface area contributed by atoms with E-state index in [2.05, 4.69) is 21.7 Å². The lowest BCUT2D eigenvalue weighted by molar-refractivity contribution is 0.0205. The fourth-order valence-corrected chi connectivity index (χ4v) is 4.82. The largest absolute Gasteiger partial charge is 0.495 e. The molecule has 3 aromatic rings. The number of amides is 1. The first kappa shape index (κ1) is 24.0. The minimum Gasteiger partial charge on any atom is -0.495 e. The number of hydrogen-bond donors (Lipinski definition) is 0. The van der Waals surface area contributed by atoms with Gasteiger partial charge in [0.15, 0.2) is 5.69 Å². The van der Waals surface area contributed by atoms with Crippen LogP contribution in [0.5, 0.6) is 5.75 Å². The van der Waals surface area contributed by atoms with Crippen LogP contribution in [0.3, 0.4) is 0 Å². The molecule has 0 saturated carbocycles. The number of nitrogens with zero attached hydrogens (tertiary/aromatic N) is 3. The third-order valence-corrected chi connectivity index (χ3v) is 6.48. The van der Waals surface area contributed by atoms with Crippen molar-refractivity contribution in [1.82, 2.24) is 9.47 Å². The van der Waals surface area contributed by atoms with E-state index in [0.29, 0.717) is 42.0 Å². The van der Waals surface area contributed by atoms with Crippen LogP contribution in [0.4, 0.5) is 10.5 Å². The fraction of sp³-hybridized carbons (Fsp3) is 0.407. The van der Waals surface area contributed by atoms with E-state index in [1.54, 1.807) is 12.0 Å². The Bertz CT molecular complexity index is 1240. The quantitative estimate of drug-likeness (QED) is 0.378. The number of rotatable bonds is 4. The van der Waals surface area contributed by atoms with E-state index in [4.69, 9.17) is 27.6 Å². The first-order chi connectivity index (χ1) is 16.2. The molecule has 34 heavy (non-hydrogen) atoms. The highest BCUT2D eigenvalue weighted by Gasteiger charge is 2.29. The molecule has 7 heteroatoms. The van der Waals surface area contributed by atoms with Crippen molar-refractivity contribution >= 4 is 34.3 Å². The smallest absolute Gasteiger partial charge is 0.410 e. The number of likely N-dealkylation sites (tertiary alicyclic amines) is 1. The Balaban J connectivity index is 1.60. The van der Waals surface area contributed by atoms with Gasteiger partial charge < -0.3 is 18.9 Å². The van der Waals surface area contributed by atoms with E-state index in [1.165, 1.54) is 5.56 Å². The van der Waals surface area contributed by atoms with Gasteiger partial charge in [-0.05, 0) is 68.9 Å². The van der Waals surface area contributed by atoms with E-state index in [-0.39, 0.29) is 6.09 Å². The molecule has 6 nitrogen and oxygen atoms in total. The highest BCUT2D eigenvalue weighted by Crippen LogP contribution is 2.37. The van der Waals surface area contributed by atoms with Crippen LogP contribution in [0.2, 0.25) is 5.02 Å². The van der Waals surface area contributed by atoms with Crippen molar-refractivity contribution in [2.75, 3.05) is 20.2 Å².